The quantitative estimate of drug-likeness (QED) is 0.319. The van der Waals surface area contributed by atoms with Gasteiger partial charge in [0.15, 0.2) is 11.5 Å². The maximum Gasteiger partial charge on any atom is 0.348 e. The number of rotatable bonds is 8. The van der Waals surface area contributed by atoms with E-state index in [9.17, 15) is 4.79 Å². The van der Waals surface area contributed by atoms with Crippen molar-refractivity contribution in [3.63, 3.8) is 0 Å². The fraction of sp³-hybridized carbons (Fsp3) is 0.412. The molecule has 1 rings (SSSR count). The molecule has 0 spiro atoms. The summed E-state index contributed by atoms with van der Waals surface area (Å²) in [5, 5.41) is 8.96. The van der Waals surface area contributed by atoms with Crippen molar-refractivity contribution in [3.8, 4) is 17.6 Å². The summed E-state index contributed by atoms with van der Waals surface area (Å²) in [5.41, 5.74) is 0.598. The van der Waals surface area contributed by atoms with Gasteiger partial charge in [0.05, 0.1) is 20.8 Å². The standard InChI is InChI=1S/C17H21NO4/c1-4-5-6-9-22-15-8-7-13(11-16(15)20-2)10-14(12-18)17(19)21-3/h7-8,10-11H,4-6,9H2,1-3H3/b14-10-. The number of hydrogen-bond donors (Lipinski definition) is 0. The van der Waals surface area contributed by atoms with Crippen LogP contribution in [0.25, 0.3) is 6.08 Å². The maximum atomic E-state index is 11.4. The van der Waals surface area contributed by atoms with E-state index in [-0.39, 0.29) is 5.57 Å². The van der Waals surface area contributed by atoms with Crippen LogP contribution in [0.4, 0.5) is 0 Å². The van der Waals surface area contributed by atoms with Gasteiger partial charge in [0.1, 0.15) is 11.6 Å². The third kappa shape index (κ3) is 5.13. The second kappa shape index (κ2) is 9.46. The Balaban J connectivity index is 2.90. The van der Waals surface area contributed by atoms with Crippen LogP contribution in [-0.2, 0) is 9.53 Å². The third-order valence-electron chi connectivity index (χ3n) is 3.03. The minimum Gasteiger partial charge on any atom is -0.493 e. The molecule has 0 aliphatic carbocycles. The summed E-state index contributed by atoms with van der Waals surface area (Å²) in [5.74, 6) is 0.543. The van der Waals surface area contributed by atoms with Crippen LogP contribution in [-0.4, -0.2) is 26.8 Å². The molecule has 0 amide bonds. The Bertz CT molecular complexity index is 573. The number of carbonyl (C=O) groups excluding carboxylic acids is 1. The van der Waals surface area contributed by atoms with Gasteiger partial charge in [-0.25, -0.2) is 4.79 Å². The Morgan fingerprint density at radius 1 is 1.27 bits per heavy atom. The zero-order chi connectivity index (χ0) is 16.4. The molecule has 0 unspecified atom stereocenters. The first-order chi connectivity index (χ1) is 10.7. The first kappa shape index (κ1) is 17.6. The summed E-state index contributed by atoms with van der Waals surface area (Å²) < 4.78 is 15.5. The number of unbranched alkanes of at least 4 members (excludes halogenated alkanes) is 2. The fourth-order valence-electron chi connectivity index (χ4n) is 1.84. The number of carbonyl (C=O) groups is 1. The predicted molar refractivity (Wildman–Crippen MR) is 83.6 cm³/mol. The van der Waals surface area contributed by atoms with Gasteiger partial charge in [-0.05, 0) is 30.2 Å². The highest BCUT2D eigenvalue weighted by Crippen LogP contribution is 2.29. The van der Waals surface area contributed by atoms with E-state index in [1.807, 2.05) is 6.07 Å². The summed E-state index contributed by atoms with van der Waals surface area (Å²) >= 11 is 0. The summed E-state index contributed by atoms with van der Waals surface area (Å²) in [6.07, 6.45) is 4.69. The summed E-state index contributed by atoms with van der Waals surface area (Å²) in [6.45, 7) is 2.76. The minimum absolute atomic E-state index is 0.0684. The molecule has 0 aliphatic rings. The number of hydrogen-bond acceptors (Lipinski definition) is 5. The van der Waals surface area contributed by atoms with E-state index < -0.39 is 5.97 Å². The lowest BCUT2D eigenvalue weighted by atomic mass is 10.1. The van der Waals surface area contributed by atoms with Crippen LogP contribution < -0.4 is 9.47 Å². The van der Waals surface area contributed by atoms with Crippen molar-refractivity contribution >= 4 is 12.0 Å². The van der Waals surface area contributed by atoms with E-state index in [0.29, 0.717) is 23.7 Å². The van der Waals surface area contributed by atoms with Crippen LogP contribution in [0, 0.1) is 11.3 Å². The van der Waals surface area contributed by atoms with Gasteiger partial charge in [-0.1, -0.05) is 25.8 Å². The summed E-state index contributed by atoms with van der Waals surface area (Å²) in [6, 6.07) is 7.06. The molecule has 0 aliphatic heterocycles. The lowest BCUT2D eigenvalue weighted by Crippen LogP contribution is -2.03. The van der Waals surface area contributed by atoms with E-state index in [0.717, 1.165) is 19.3 Å². The average molecular weight is 303 g/mol. The number of ether oxygens (including phenoxy) is 3. The smallest absolute Gasteiger partial charge is 0.348 e. The summed E-state index contributed by atoms with van der Waals surface area (Å²) in [7, 11) is 2.79. The maximum absolute atomic E-state index is 11.4. The lowest BCUT2D eigenvalue weighted by molar-refractivity contribution is -0.135. The molecule has 1 aromatic carbocycles. The molecule has 0 N–H and O–H groups in total. The third-order valence-corrected chi connectivity index (χ3v) is 3.03. The molecule has 0 aromatic heterocycles. The van der Waals surface area contributed by atoms with Crippen LogP contribution in [0.3, 0.4) is 0 Å². The van der Waals surface area contributed by atoms with Crippen molar-refractivity contribution in [2.75, 3.05) is 20.8 Å². The van der Waals surface area contributed by atoms with Gasteiger partial charge < -0.3 is 14.2 Å². The van der Waals surface area contributed by atoms with E-state index in [4.69, 9.17) is 14.7 Å². The summed E-state index contributed by atoms with van der Waals surface area (Å²) in [4.78, 5) is 11.4. The van der Waals surface area contributed by atoms with E-state index >= 15 is 0 Å². The van der Waals surface area contributed by atoms with E-state index in [1.54, 1.807) is 25.3 Å². The van der Waals surface area contributed by atoms with E-state index in [2.05, 4.69) is 11.7 Å². The van der Waals surface area contributed by atoms with Crippen LogP contribution >= 0.6 is 0 Å². The number of nitriles is 1. The number of nitrogens with zero attached hydrogens (tertiary/aromatic N) is 1. The number of methoxy groups -OCH3 is 2. The molecule has 1 aromatic rings. The Morgan fingerprint density at radius 3 is 2.64 bits per heavy atom. The average Bonchev–Trinajstić information content (AvgIpc) is 2.56. The first-order valence-electron chi connectivity index (χ1n) is 7.17. The van der Waals surface area contributed by atoms with E-state index in [1.165, 1.54) is 13.2 Å². The van der Waals surface area contributed by atoms with Crippen LogP contribution in [0.1, 0.15) is 31.7 Å². The molecule has 0 saturated carbocycles. The highest BCUT2D eigenvalue weighted by molar-refractivity contribution is 5.97. The van der Waals surface area contributed by atoms with Crippen molar-refractivity contribution in [3.05, 3.63) is 29.3 Å². The van der Waals surface area contributed by atoms with Gasteiger partial charge in [-0.15, -0.1) is 0 Å². The second-order valence-electron chi connectivity index (χ2n) is 4.63. The van der Waals surface area contributed by atoms with Crippen molar-refractivity contribution in [2.45, 2.75) is 26.2 Å². The molecule has 0 atom stereocenters. The second-order valence-corrected chi connectivity index (χ2v) is 4.63. The molecule has 0 fully saturated rings. The van der Waals surface area contributed by atoms with Crippen molar-refractivity contribution < 1.29 is 19.0 Å². The lowest BCUT2D eigenvalue weighted by Gasteiger charge is -2.11. The molecule has 0 bridgehead atoms. The number of benzene rings is 1. The van der Waals surface area contributed by atoms with Crippen LogP contribution in [0.15, 0.2) is 23.8 Å². The molecule has 0 saturated heterocycles. The molecular weight excluding hydrogens is 282 g/mol. The Hall–Kier alpha value is -2.48. The molecule has 0 radical (unpaired) electrons. The zero-order valence-corrected chi connectivity index (χ0v) is 13.2. The predicted octanol–water partition coefficient (Wildman–Crippen LogP) is 3.34. The van der Waals surface area contributed by atoms with Gasteiger partial charge in [-0.3, -0.25) is 0 Å². The van der Waals surface area contributed by atoms with Gasteiger partial charge in [0.25, 0.3) is 0 Å². The van der Waals surface area contributed by atoms with Crippen molar-refractivity contribution in [1.29, 1.82) is 5.26 Å². The Morgan fingerprint density at radius 2 is 2.05 bits per heavy atom. The molecule has 5 heteroatoms. The van der Waals surface area contributed by atoms with Crippen LogP contribution in [0.5, 0.6) is 11.5 Å². The Kier molecular flexibility index (Phi) is 7.55. The molecular formula is C17H21NO4. The molecule has 118 valence electrons. The first-order valence-corrected chi connectivity index (χ1v) is 7.17. The monoisotopic (exact) mass is 303 g/mol. The van der Waals surface area contributed by atoms with Crippen molar-refractivity contribution in [2.24, 2.45) is 0 Å². The Labute approximate surface area is 131 Å². The van der Waals surface area contributed by atoms with Gasteiger partial charge in [-0.2, -0.15) is 5.26 Å². The normalized spacial score (nSPS) is 10.7. The SMILES string of the molecule is CCCCCOc1ccc(/C=C(/C#N)C(=O)OC)cc1OC. The molecule has 0 heterocycles. The number of esters is 1. The van der Waals surface area contributed by atoms with Gasteiger partial charge in [0.2, 0.25) is 0 Å². The zero-order valence-electron chi connectivity index (χ0n) is 13.2. The fourth-order valence-corrected chi connectivity index (χ4v) is 1.84. The van der Waals surface area contributed by atoms with Gasteiger partial charge >= 0.3 is 5.97 Å². The topological polar surface area (TPSA) is 68.5 Å². The molecule has 22 heavy (non-hydrogen) atoms. The van der Waals surface area contributed by atoms with Gasteiger partial charge in [0, 0.05) is 0 Å². The molecule has 5 nitrogen and oxygen atoms in total. The largest absolute Gasteiger partial charge is 0.493 e. The minimum atomic E-state index is -0.665. The highest BCUT2D eigenvalue weighted by Gasteiger charge is 2.10. The highest BCUT2D eigenvalue weighted by atomic mass is 16.5. The van der Waals surface area contributed by atoms with Crippen molar-refractivity contribution in [1.82, 2.24) is 0 Å². The van der Waals surface area contributed by atoms with Crippen LogP contribution in [0.2, 0.25) is 0 Å².